The predicted octanol–water partition coefficient (Wildman–Crippen LogP) is 3.83. The molecule has 1 amide bonds. The van der Waals surface area contributed by atoms with E-state index in [9.17, 15) is 4.79 Å². The lowest BCUT2D eigenvalue weighted by Crippen LogP contribution is -2.39. The lowest BCUT2D eigenvalue weighted by Gasteiger charge is -2.31. The minimum atomic E-state index is 0.116. The molecule has 2 aliphatic rings. The number of rotatable bonds is 4. The SMILES string of the molecule is Cc1cc(-c2csc(NC(=O)C3CCN(C4CC4)CC3)n2)c(C)o1. The molecule has 0 radical (unpaired) electrons. The molecule has 6 heteroatoms. The molecule has 1 aliphatic heterocycles. The van der Waals surface area contributed by atoms with Crippen molar-refractivity contribution in [3.8, 4) is 11.3 Å². The summed E-state index contributed by atoms with van der Waals surface area (Å²) in [4.78, 5) is 19.6. The van der Waals surface area contributed by atoms with Crippen LogP contribution in [0, 0.1) is 19.8 Å². The predicted molar refractivity (Wildman–Crippen MR) is 95.2 cm³/mol. The quantitative estimate of drug-likeness (QED) is 0.915. The van der Waals surface area contributed by atoms with Gasteiger partial charge in [0.05, 0.1) is 5.69 Å². The Bertz CT molecular complexity index is 739. The molecule has 1 N–H and O–H groups in total. The normalized spacial score (nSPS) is 19.6. The molecule has 24 heavy (non-hydrogen) atoms. The fourth-order valence-electron chi connectivity index (χ4n) is 3.51. The van der Waals surface area contributed by atoms with Gasteiger partial charge < -0.3 is 14.6 Å². The van der Waals surface area contributed by atoms with Crippen LogP contribution in [0.4, 0.5) is 5.13 Å². The molecule has 3 heterocycles. The van der Waals surface area contributed by atoms with Crippen LogP contribution in [0.1, 0.15) is 37.2 Å². The second-order valence-corrected chi connectivity index (χ2v) is 7.75. The molecule has 1 saturated heterocycles. The van der Waals surface area contributed by atoms with Crippen molar-refractivity contribution in [1.29, 1.82) is 0 Å². The Balaban J connectivity index is 1.37. The molecule has 0 aromatic carbocycles. The van der Waals surface area contributed by atoms with E-state index in [1.54, 1.807) is 0 Å². The summed E-state index contributed by atoms with van der Waals surface area (Å²) in [5, 5.41) is 5.66. The van der Waals surface area contributed by atoms with Gasteiger partial charge in [0.25, 0.3) is 0 Å². The Morgan fingerprint density at radius 1 is 1.29 bits per heavy atom. The number of aryl methyl sites for hydroxylation is 2. The summed E-state index contributed by atoms with van der Waals surface area (Å²) in [5.74, 6) is 1.98. The summed E-state index contributed by atoms with van der Waals surface area (Å²) in [6, 6.07) is 2.79. The van der Waals surface area contributed by atoms with E-state index in [0.717, 1.165) is 54.8 Å². The highest BCUT2D eigenvalue weighted by atomic mass is 32.1. The van der Waals surface area contributed by atoms with Crippen molar-refractivity contribution in [2.45, 2.75) is 45.6 Å². The zero-order valence-electron chi connectivity index (χ0n) is 14.2. The minimum Gasteiger partial charge on any atom is -0.466 e. The third kappa shape index (κ3) is 3.26. The second-order valence-electron chi connectivity index (χ2n) is 6.90. The lowest BCUT2D eigenvalue weighted by molar-refractivity contribution is -0.121. The van der Waals surface area contributed by atoms with E-state index >= 15 is 0 Å². The highest BCUT2D eigenvalue weighted by Gasteiger charge is 2.33. The van der Waals surface area contributed by atoms with Crippen LogP contribution in [0.25, 0.3) is 11.3 Å². The molecular formula is C18H23N3O2S. The summed E-state index contributed by atoms with van der Waals surface area (Å²) in [6.07, 6.45) is 4.60. The number of thiazole rings is 1. The van der Waals surface area contributed by atoms with Crippen LogP contribution in [0.2, 0.25) is 0 Å². The third-order valence-corrected chi connectivity index (χ3v) is 5.77. The topological polar surface area (TPSA) is 58.4 Å². The average molecular weight is 345 g/mol. The number of anilines is 1. The van der Waals surface area contributed by atoms with E-state index in [-0.39, 0.29) is 11.8 Å². The fraction of sp³-hybridized carbons (Fsp3) is 0.556. The van der Waals surface area contributed by atoms with E-state index in [4.69, 9.17) is 4.42 Å². The zero-order valence-corrected chi connectivity index (χ0v) is 15.0. The Morgan fingerprint density at radius 2 is 2.04 bits per heavy atom. The highest BCUT2D eigenvalue weighted by Crippen LogP contribution is 2.32. The van der Waals surface area contributed by atoms with Crippen molar-refractivity contribution in [3.63, 3.8) is 0 Å². The minimum absolute atomic E-state index is 0.116. The van der Waals surface area contributed by atoms with Crippen molar-refractivity contribution in [2.75, 3.05) is 18.4 Å². The molecule has 0 bridgehead atoms. The monoisotopic (exact) mass is 345 g/mol. The summed E-state index contributed by atoms with van der Waals surface area (Å²) in [7, 11) is 0. The van der Waals surface area contributed by atoms with Crippen LogP contribution in [-0.4, -0.2) is 34.9 Å². The number of hydrogen-bond acceptors (Lipinski definition) is 5. The molecule has 0 spiro atoms. The average Bonchev–Trinajstić information content (AvgIpc) is 3.23. The first kappa shape index (κ1) is 15.8. The number of likely N-dealkylation sites (tertiary alicyclic amines) is 1. The van der Waals surface area contributed by atoms with Crippen LogP contribution in [0.3, 0.4) is 0 Å². The number of hydrogen-bond donors (Lipinski definition) is 1. The van der Waals surface area contributed by atoms with Crippen molar-refractivity contribution >= 4 is 22.4 Å². The van der Waals surface area contributed by atoms with Crippen molar-refractivity contribution < 1.29 is 9.21 Å². The van der Waals surface area contributed by atoms with Gasteiger partial charge in [-0.05, 0) is 58.7 Å². The van der Waals surface area contributed by atoms with Gasteiger partial charge in [-0.25, -0.2) is 4.98 Å². The molecule has 0 atom stereocenters. The number of nitrogens with zero attached hydrogens (tertiary/aromatic N) is 2. The Kier molecular flexibility index (Phi) is 4.18. The molecule has 2 fully saturated rings. The van der Waals surface area contributed by atoms with E-state index in [1.807, 2.05) is 25.3 Å². The number of carbonyl (C=O) groups is 1. The molecule has 2 aromatic heterocycles. The largest absolute Gasteiger partial charge is 0.466 e. The molecule has 5 nitrogen and oxygen atoms in total. The molecule has 1 saturated carbocycles. The maximum absolute atomic E-state index is 12.5. The number of furan rings is 1. The van der Waals surface area contributed by atoms with Gasteiger partial charge in [0.15, 0.2) is 5.13 Å². The fourth-order valence-corrected chi connectivity index (χ4v) is 4.23. The van der Waals surface area contributed by atoms with Crippen molar-refractivity contribution in [3.05, 3.63) is 23.0 Å². The van der Waals surface area contributed by atoms with Crippen LogP contribution >= 0.6 is 11.3 Å². The molecular weight excluding hydrogens is 322 g/mol. The second kappa shape index (κ2) is 6.33. The van der Waals surface area contributed by atoms with Crippen LogP contribution < -0.4 is 5.32 Å². The van der Waals surface area contributed by atoms with E-state index in [2.05, 4.69) is 15.2 Å². The first-order valence-corrected chi connectivity index (χ1v) is 9.56. The van der Waals surface area contributed by atoms with Gasteiger partial charge in [0.2, 0.25) is 5.91 Å². The molecule has 2 aromatic rings. The number of amides is 1. The summed E-state index contributed by atoms with van der Waals surface area (Å²) < 4.78 is 5.56. The zero-order chi connectivity index (χ0) is 16.7. The number of carbonyl (C=O) groups excluding carboxylic acids is 1. The summed E-state index contributed by atoms with van der Waals surface area (Å²) >= 11 is 1.47. The van der Waals surface area contributed by atoms with Crippen LogP contribution in [-0.2, 0) is 4.79 Å². The lowest BCUT2D eigenvalue weighted by atomic mass is 9.96. The summed E-state index contributed by atoms with van der Waals surface area (Å²) in [6.45, 7) is 5.98. The number of piperidine rings is 1. The van der Waals surface area contributed by atoms with Crippen molar-refractivity contribution in [2.24, 2.45) is 5.92 Å². The Morgan fingerprint density at radius 3 is 2.67 bits per heavy atom. The smallest absolute Gasteiger partial charge is 0.229 e. The maximum Gasteiger partial charge on any atom is 0.229 e. The van der Waals surface area contributed by atoms with Gasteiger partial charge >= 0.3 is 0 Å². The van der Waals surface area contributed by atoms with Gasteiger partial charge in [-0.3, -0.25) is 4.79 Å². The summed E-state index contributed by atoms with van der Waals surface area (Å²) in [5.41, 5.74) is 1.87. The first-order chi connectivity index (χ1) is 11.6. The third-order valence-electron chi connectivity index (χ3n) is 5.01. The first-order valence-electron chi connectivity index (χ1n) is 8.68. The number of aromatic nitrogens is 1. The van der Waals surface area contributed by atoms with Gasteiger partial charge in [0, 0.05) is 22.9 Å². The maximum atomic E-state index is 12.5. The van der Waals surface area contributed by atoms with Crippen LogP contribution in [0.15, 0.2) is 15.9 Å². The van der Waals surface area contributed by atoms with E-state index in [1.165, 1.54) is 24.2 Å². The van der Waals surface area contributed by atoms with Crippen molar-refractivity contribution in [1.82, 2.24) is 9.88 Å². The Labute approximate surface area is 146 Å². The van der Waals surface area contributed by atoms with E-state index < -0.39 is 0 Å². The van der Waals surface area contributed by atoms with Gasteiger partial charge in [-0.15, -0.1) is 11.3 Å². The van der Waals surface area contributed by atoms with Crippen LogP contribution in [0.5, 0.6) is 0 Å². The molecule has 0 unspecified atom stereocenters. The standard InChI is InChI=1S/C18H23N3O2S/c1-11-9-15(12(2)23-11)16-10-24-18(19-16)20-17(22)13-5-7-21(8-6-13)14-3-4-14/h9-10,13-14H,3-8H2,1-2H3,(H,19,20,22). The van der Waals surface area contributed by atoms with E-state index in [0.29, 0.717) is 5.13 Å². The molecule has 4 rings (SSSR count). The Hall–Kier alpha value is -1.66. The molecule has 128 valence electrons. The van der Waals surface area contributed by atoms with Gasteiger partial charge in [0.1, 0.15) is 11.5 Å². The van der Waals surface area contributed by atoms with Gasteiger partial charge in [-0.2, -0.15) is 0 Å². The number of nitrogens with one attached hydrogen (secondary N) is 1. The highest BCUT2D eigenvalue weighted by molar-refractivity contribution is 7.14. The molecule has 1 aliphatic carbocycles. The van der Waals surface area contributed by atoms with Gasteiger partial charge in [-0.1, -0.05) is 0 Å².